The van der Waals surface area contributed by atoms with Crippen molar-refractivity contribution in [3.8, 4) is 0 Å². The summed E-state index contributed by atoms with van der Waals surface area (Å²) in [6, 6.07) is 8.86. The van der Waals surface area contributed by atoms with E-state index in [0.717, 1.165) is 12.1 Å². The molecule has 4 nitrogen and oxygen atoms in total. The number of nitrogens with zero attached hydrogens (tertiary/aromatic N) is 1. The second kappa shape index (κ2) is 7.17. The zero-order valence-corrected chi connectivity index (χ0v) is 13.7. The van der Waals surface area contributed by atoms with Crippen LogP contribution in [0.2, 0.25) is 0 Å². The third-order valence-electron chi connectivity index (χ3n) is 3.29. The van der Waals surface area contributed by atoms with Crippen molar-refractivity contribution in [2.75, 3.05) is 19.3 Å². The Hall–Kier alpha value is -1.21. The maximum atomic E-state index is 12.3. The molecule has 2 rings (SSSR count). The molecule has 0 saturated carbocycles. The number of rotatable bonds is 7. The minimum absolute atomic E-state index is 0.121. The molecule has 2 N–H and O–H groups in total. The van der Waals surface area contributed by atoms with Crippen molar-refractivity contribution in [1.82, 2.24) is 4.90 Å². The number of benzene rings is 1. The SMILES string of the molecule is CN(CCS(=O)(=O)c1ccc(CN)cc1)Cc1ccsc1. The molecular formula is C15H20N2O2S2. The van der Waals surface area contributed by atoms with Crippen LogP contribution in [-0.4, -0.2) is 32.7 Å². The summed E-state index contributed by atoms with van der Waals surface area (Å²) in [6.45, 7) is 1.70. The van der Waals surface area contributed by atoms with Crippen LogP contribution in [0.4, 0.5) is 0 Å². The van der Waals surface area contributed by atoms with Gasteiger partial charge in [-0.3, -0.25) is 0 Å². The van der Waals surface area contributed by atoms with Gasteiger partial charge in [-0.05, 0) is 47.1 Å². The van der Waals surface area contributed by atoms with Crippen molar-refractivity contribution in [2.24, 2.45) is 5.73 Å². The first kappa shape index (κ1) is 16.2. The highest BCUT2D eigenvalue weighted by Crippen LogP contribution is 2.13. The van der Waals surface area contributed by atoms with Gasteiger partial charge in [-0.2, -0.15) is 11.3 Å². The van der Waals surface area contributed by atoms with Crippen molar-refractivity contribution in [3.05, 3.63) is 52.2 Å². The van der Waals surface area contributed by atoms with Gasteiger partial charge in [0.25, 0.3) is 0 Å². The van der Waals surface area contributed by atoms with E-state index < -0.39 is 9.84 Å². The van der Waals surface area contributed by atoms with Crippen LogP contribution in [0, 0.1) is 0 Å². The summed E-state index contributed by atoms with van der Waals surface area (Å²) in [5.74, 6) is 0.121. The average Bonchev–Trinajstić information content (AvgIpc) is 2.98. The molecule has 1 heterocycles. The fourth-order valence-electron chi connectivity index (χ4n) is 2.00. The number of sulfone groups is 1. The lowest BCUT2D eigenvalue weighted by atomic mass is 10.2. The fourth-order valence-corrected chi connectivity index (χ4v) is 4.00. The van der Waals surface area contributed by atoms with Crippen LogP contribution in [0.25, 0.3) is 0 Å². The van der Waals surface area contributed by atoms with E-state index in [4.69, 9.17) is 5.73 Å². The lowest BCUT2D eigenvalue weighted by Crippen LogP contribution is -2.25. The summed E-state index contributed by atoms with van der Waals surface area (Å²) in [5, 5.41) is 4.11. The van der Waals surface area contributed by atoms with Crippen molar-refractivity contribution < 1.29 is 8.42 Å². The average molecular weight is 324 g/mol. The van der Waals surface area contributed by atoms with Crippen molar-refractivity contribution in [2.45, 2.75) is 18.0 Å². The Labute approximate surface area is 130 Å². The normalized spacial score (nSPS) is 12.0. The van der Waals surface area contributed by atoms with E-state index in [1.807, 2.05) is 17.3 Å². The molecule has 0 aliphatic heterocycles. The Morgan fingerprint density at radius 1 is 1.14 bits per heavy atom. The number of thiophene rings is 1. The molecule has 0 aliphatic carbocycles. The highest BCUT2D eigenvalue weighted by Gasteiger charge is 2.15. The Morgan fingerprint density at radius 3 is 2.43 bits per heavy atom. The molecule has 0 aliphatic rings. The summed E-state index contributed by atoms with van der Waals surface area (Å²) in [5.41, 5.74) is 7.67. The molecule has 0 saturated heterocycles. The highest BCUT2D eigenvalue weighted by atomic mass is 32.2. The van der Waals surface area contributed by atoms with Crippen LogP contribution in [0.15, 0.2) is 46.0 Å². The second-order valence-electron chi connectivity index (χ2n) is 5.04. The topological polar surface area (TPSA) is 63.4 Å². The van der Waals surface area contributed by atoms with E-state index in [1.54, 1.807) is 35.6 Å². The van der Waals surface area contributed by atoms with Gasteiger partial charge in [0.2, 0.25) is 0 Å². The third-order valence-corrected chi connectivity index (χ3v) is 5.73. The van der Waals surface area contributed by atoms with Gasteiger partial charge in [0, 0.05) is 19.6 Å². The van der Waals surface area contributed by atoms with E-state index in [-0.39, 0.29) is 5.75 Å². The van der Waals surface area contributed by atoms with Crippen LogP contribution in [0.1, 0.15) is 11.1 Å². The van der Waals surface area contributed by atoms with Crippen molar-refractivity contribution >= 4 is 21.2 Å². The quantitative estimate of drug-likeness (QED) is 0.847. The molecule has 2 aromatic rings. The summed E-state index contributed by atoms with van der Waals surface area (Å²) < 4.78 is 24.6. The van der Waals surface area contributed by atoms with E-state index in [0.29, 0.717) is 18.0 Å². The zero-order chi connectivity index (χ0) is 15.3. The monoisotopic (exact) mass is 324 g/mol. The van der Waals surface area contributed by atoms with Crippen LogP contribution in [-0.2, 0) is 22.9 Å². The molecule has 0 amide bonds. The molecule has 1 aromatic heterocycles. The maximum Gasteiger partial charge on any atom is 0.179 e. The number of hydrogen-bond acceptors (Lipinski definition) is 5. The Balaban J connectivity index is 1.93. The lowest BCUT2D eigenvalue weighted by molar-refractivity contribution is 0.346. The second-order valence-corrected chi connectivity index (χ2v) is 7.93. The summed E-state index contributed by atoms with van der Waals surface area (Å²) in [4.78, 5) is 2.39. The standard InChI is InChI=1S/C15H20N2O2S2/c1-17(11-14-6-8-20-12-14)7-9-21(18,19)15-4-2-13(10-16)3-5-15/h2-6,8,12H,7,9-11,16H2,1H3. The van der Waals surface area contributed by atoms with Gasteiger partial charge in [-0.25, -0.2) is 8.42 Å². The van der Waals surface area contributed by atoms with Gasteiger partial charge >= 0.3 is 0 Å². The molecule has 0 unspecified atom stereocenters. The minimum Gasteiger partial charge on any atom is -0.326 e. The lowest BCUT2D eigenvalue weighted by Gasteiger charge is -2.15. The first-order chi connectivity index (χ1) is 10.0. The van der Waals surface area contributed by atoms with Crippen LogP contribution in [0.5, 0.6) is 0 Å². The minimum atomic E-state index is -3.24. The number of nitrogens with two attached hydrogens (primary N) is 1. The molecule has 1 aromatic carbocycles. The van der Waals surface area contributed by atoms with Gasteiger partial charge in [0.05, 0.1) is 10.6 Å². The summed E-state index contributed by atoms with van der Waals surface area (Å²) in [7, 11) is -1.30. The molecular weight excluding hydrogens is 304 g/mol. The predicted molar refractivity (Wildman–Crippen MR) is 87.0 cm³/mol. The third kappa shape index (κ3) is 4.64. The summed E-state index contributed by atoms with van der Waals surface area (Å²) >= 11 is 1.65. The van der Waals surface area contributed by atoms with E-state index in [1.165, 1.54) is 5.56 Å². The first-order valence-corrected chi connectivity index (χ1v) is 9.32. The predicted octanol–water partition coefficient (Wildman–Crippen LogP) is 2.11. The maximum absolute atomic E-state index is 12.3. The summed E-state index contributed by atoms with van der Waals surface area (Å²) in [6.07, 6.45) is 0. The largest absolute Gasteiger partial charge is 0.326 e. The van der Waals surface area contributed by atoms with Gasteiger partial charge in [0.15, 0.2) is 9.84 Å². The highest BCUT2D eigenvalue weighted by molar-refractivity contribution is 7.91. The van der Waals surface area contributed by atoms with Crippen LogP contribution in [0.3, 0.4) is 0 Å². The van der Waals surface area contributed by atoms with Crippen LogP contribution < -0.4 is 5.73 Å². The van der Waals surface area contributed by atoms with Crippen LogP contribution >= 0.6 is 11.3 Å². The Morgan fingerprint density at radius 2 is 1.86 bits per heavy atom. The molecule has 0 fully saturated rings. The smallest absolute Gasteiger partial charge is 0.179 e. The molecule has 0 bridgehead atoms. The van der Waals surface area contributed by atoms with E-state index in [9.17, 15) is 8.42 Å². The zero-order valence-electron chi connectivity index (χ0n) is 12.0. The Kier molecular flexibility index (Phi) is 5.52. The van der Waals surface area contributed by atoms with Crippen molar-refractivity contribution in [1.29, 1.82) is 0 Å². The fraction of sp³-hybridized carbons (Fsp3) is 0.333. The number of hydrogen-bond donors (Lipinski definition) is 1. The van der Waals surface area contributed by atoms with Gasteiger partial charge < -0.3 is 10.6 Å². The van der Waals surface area contributed by atoms with Gasteiger partial charge in [-0.15, -0.1) is 0 Å². The van der Waals surface area contributed by atoms with E-state index >= 15 is 0 Å². The first-order valence-electron chi connectivity index (χ1n) is 6.72. The molecule has 21 heavy (non-hydrogen) atoms. The molecule has 114 valence electrons. The molecule has 6 heteroatoms. The Bertz CT molecular complexity index is 649. The van der Waals surface area contributed by atoms with Crippen molar-refractivity contribution in [3.63, 3.8) is 0 Å². The van der Waals surface area contributed by atoms with Gasteiger partial charge in [-0.1, -0.05) is 12.1 Å². The van der Waals surface area contributed by atoms with Gasteiger partial charge in [0.1, 0.15) is 0 Å². The molecule has 0 radical (unpaired) electrons. The molecule has 0 atom stereocenters. The molecule has 0 spiro atoms. The van der Waals surface area contributed by atoms with E-state index in [2.05, 4.69) is 11.4 Å².